The van der Waals surface area contributed by atoms with E-state index in [1.807, 2.05) is 0 Å². The molecule has 9 heteroatoms. The van der Waals surface area contributed by atoms with Gasteiger partial charge in [-0.25, -0.2) is 4.79 Å². The van der Waals surface area contributed by atoms with E-state index < -0.39 is 17.7 Å². The number of hydrogen-bond acceptors (Lipinski definition) is 5. The van der Waals surface area contributed by atoms with E-state index in [1.165, 1.54) is 17.8 Å². The van der Waals surface area contributed by atoms with Gasteiger partial charge in [0.25, 0.3) is 0 Å². The molecule has 6 nitrogen and oxygen atoms in total. The van der Waals surface area contributed by atoms with Crippen molar-refractivity contribution in [3.63, 3.8) is 0 Å². The fourth-order valence-electron chi connectivity index (χ4n) is 2.39. The number of fused-ring (bicyclic) bond motifs is 4. The Kier molecular flexibility index (Phi) is 2.18. The second-order valence-electron chi connectivity index (χ2n) is 4.50. The van der Waals surface area contributed by atoms with Gasteiger partial charge >= 0.3 is 12.3 Å². The van der Waals surface area contributed by atoms with E-state index in [0.29, 0.717) is 16.4 Å². The SMILES string of the molecule is O=C(O)c1c2n(c3cc4c(cc3c1=O)OC(F)(F)O4)CS2. The second-order valence-corrected chi connectivity index (χ2v) is 5.43. The quantitative estimate of drug-likeness (QED) is 0.868. The molecular formula is C12H5F2NO5S. The monoisotopic (exact) mass is 313 g/mol. The summed E-state index contributed by atoms with van der Waals surface area (Å²) in [6.07, 6.45) is -3.79. The van der Waals surface area contributed by atoms with Gasteiger partial charge in [0.05, 0.1) is 21.8 Å². The number of benzene rings is 1. The molecule has 0 amide bonds. The summed E-state index contributed by atoms with van der Waals surface area (Å²) >= 11 is 1.21. The molecule has 0 aliphatic carbocycles. The van der Waals surface area contributed by atoms with Gasteiger partial charge in [0.2, 0.25) is 5.43 Å². The molecule has 0 radical (unpaired) electrons. The number of rotatable bonds is 1. The van der Waals surface area contributed by atoms with Gasteiger partial charge in [-0.2, -0.15) is 0 Å². The van der Waals surface area contributed by atoms with Crippen LogP contribution in [-0.4, -0.2) is 21.9 Å². The van der Waals surface area contributed by atoms with E-state index in [4.69, 9.17) is 5.11 Å². The van der Waals surface area contributed by atoms with Gasteiger partial charge in [0.15, 0.2) is 11.5 Å². The van der Waals surface area contributed by atoms with E-state index in [0.717, 1.165) is 6.07 Å². The predicted octanol–water partition coefficient (Wildman–Crippen LogP) is 2.08. The van der Waals surface area contributed by atoms with Crippen molar-refractivity contribution < 1.29 is 28.2 Å². The number of carboxylic acids is 1. The van der Waals surface area contributed by atoms with E-state index >= 15 is 0 Å². The molecule has 0 atom stereocenters. The number of aromatic nitrogens is 1. The molecule has 0 saturated carbocycles. The lowest BCUT2D eigenvalue weighted by Crippen LogP contribution is -2.25. The van der Waals surface area contributed by atoms with Crippen LogP contribution in [0.15, 0.2) is 22.0 Å². The van der Waals surface area contributed by atoms with Crippen molar-refractivity contribution in [2.24, 2.45) is 0 Å². The number of ether oxygens (including phenoxy) is 2. The highest BCUT2D eigenvalue weighted by molar-refractivity contribution is 7.99. The van der Waals surface area contributed by atoms with Gasteiger partial charge in [-0.15, -0.1) is 8.78 Å². The Morgan fingerprint density at radius 1 is 1.33 bits per heavy atom. The molecule has 21 heavy (non-hydrogen) atoms. The van der Waals surface area contributed by atoms with Gasteiger partial charge in [0, 0.05) is 6.07 Å². The molecule has 2 aliphatic rings. The van der Waals surface area contributed by atoms with Crippen LogP contribution in [0.25, 0.3) is 10.9 Å². The second kappa shape index (κ2) is 3.67. The largest absolute Gasteiger partial charge is 0.586 e. The van der Waals surface area contributed by atoms with Crippen LogP contribution in [0.4, 0.5) is 8.78 Å². The first-order valence-electron chi connectivity index (χ1n) is 5.74. The third-order valence-corrected chi connectivity index (χ3v) is 4.37. The average Bonchev–Trinajstić information content (AvgIpc) is 2.63. The van der Waals surface area contributed by atoms with Gasteiger partial charge in [-0.3, -0.25) is 4.79 Å². The number of carbonyl (C=O) groups is 1. The first-order valence-corrected chi connectivity index (χ1v) is 6.72. The topological polar surface area (TPSA) is 77.8 Å². The summed E-state index contributed by atoms with van der Waals surface area (Å²) in [5.74, 6) is -1.38. The molecule has 1 aromatic carbocycles. The standard InChI is InChI=1S/C12H5F2NO5S/c13-12(14)19-6-1-4-5(2-7(6)20-12)15-3-21-10(15)8(9(4)16)11(17)18/h1-2H,3H2,(H,17,18). The van der Waals surface area contributed by atoms with Crippen molar-refractivity contribution in [1.29, 1.82) is 0 Å². The van der Waals surface area contributed by atoms with Crippen molar-refractivity contribution in [1.82, 2.24) is 4.57 Å². The van der Waals surface area contributed by atoms with Crippen molar-refractivity contribution in [3.05, 3.63) is 27.9 Å². The number of pyridine rings is 1. The zero-order valence-corrected chi connectivity index (χ0v) is 10.9. The Bertz CT molecular complexity index is 892. The molecule has 0 saturated heterocycles. The van der Waals surface area contributed by atoms with Crippen LogP contribution in [0.3, 0.4) is 0 Å². The summed E-state index contributed by atoms with van der Waals surface area (Å²) in [5.41, 5.74) is -0.735. The minimum absolute atomic E-state index is 0.0106. The molecule has 0 fully saturated rings. The van der Waals surface area contributed by atoms with Crippen LogP contribution in [0.1, 0.15) is 10.4 Å². The van der Waals surface area contributed by atoms with Crippen LogP contribution in [-0.2, 0) is 5.88 Å². The molecule has 1 aromatic heterocycles. The lowest BCUT2D eigenvalue weighted by Gasteiger charge is -2.25. The molecule has 0 unspecified atom stereocenters. The Balaban J connectivity index is 2.08. The summed E-state index contributed by atoms with van der Waals surface area (Å²) in [7, 11) is 0. The van der Waals surface area contributed by atoms with Gasteiger partial charge < -0.3 is 19.1 Å². The number of aromatic carboxylic acids is 1. The first kappa shape index (κ1) is 12.5. The van der Waals surface area contributed by atoms with Crippen molar-refractivity contribution in [3.8, 4) is 11.5 Å². The lowest BCUT2D eigenvalue weighted by atomic mass is 10.1. The van der Waals surface area contributed by atoms with Gasteiger partial charge in [-0.05, 0) is 6.07 Å². The zero-order valence-electron chi connectivity index (χ0n) is 10.1. The van der Waals surface area contributed by atoms with E-state index in [-0.39, 0.29) is 22.4 Å². The average molecular weight is 313 g/mol. The molecule has 108 valence electrons. The molecule has 0 spiro atoms. The highest BCUT2D eigenvalue weighted by Crippen LogP contribution is 2.45. The zero-order chi connectivity index (χ0) is 14.9. The van der Waals surface area contributed by atoms with E-state index in [9.17, 15) is 18.4 Å². The van der Waals surface area contributed by atoms with E-state index in [2.05, 4.69) is 9.47 Å². The highest BCUT2D eigenvalue weighted by Gasteiger charge is 2.44. The number of nitrogens with zero attached hydrogens (tertiary/aromatic N) is 1. The fraction of sp³-hybridized carbons (Fsp3) is 0.167. The lowest BCUT2D eigenvalue weighted by molar-refractivity contribution is -0.286. The Labute approximate surface area is 118 Å². The molecule has 2 aliphatic heterocycles. The van der Waals surface area contributed by atoms with Crippen molar-refractivity contribution in [2.75, 3.05) is 0 Å². The minimum atomic E-state index is -3.79. The van der Waals surface area contributed by atoms with Crippen LogP contribution < -0.4 is 14.9 Å². The minimum Gasteiger partial charge on any atom is -0.477 e. The summed E-state index contributed by atoms with van der Waals surface area (Å²) in [5, 5.41) is 9.46. The predicted molar refractivity (Wildman–Crippen MR) is 67.2 cm³/mol. The summed E-state index contributed by atoms with van der Waals surface area (Å²) in [4.78, 5) is 23.5. The Morgan fingerprint density at radius 3 is 2.57 bits per heavy atom. The van der Waals surface area contributed by atoms with Crippen LogP contribution in [0, 0.1) is 0 Å². The Hall–Kier alpha value is -2.29. The van der Waals surface area contributed by atoms with Crippen molar-refractivity contribution >= 4 is 28.6 Å². The Morgan fingerprint density at radius 2 is 2.00 bits per heavy atom. The third kappa shape index (κ3) is 1.57. The summed E-state index contributed by atoms with van der Waals surface area (Å²) in [6.45, 7) is 0. The molecular weight excluding hydrogens is 308 g/mol. The van der Waals surface area contributed by atoms with Crippen LogP contribution in [0.2, 0.25) is 0 Å². The van der Waals surface area contributed by atoms with Gasteiger partial charge in [-0.1, -0.05) is 11.8 Å². The molecule has 0 bridgehead atoms. The number of carboxylic acid groups (broad SMARTS) is 1. The number of halogens is 2. The smallest absolute Gasteiger partial charge is 0.477 e. The maximum absolute atomic E-state index is 13.1. The maximum Gasteiger partial charge on any atom is 0.586 e. The van der Waals surface area contributed by atoms with Crippen LogP contribution in [0.5, 0.6) is 11.5 Å². The van der Waals surface area contributed by atoms with Crippen molar-refractivity contribution in [2.45, 2.75) is 17.2 Å². The third-order valence-electron chi connectivity index (χ3n) is 3.29. The maximum atomic E-state index is 13.1. The van der Waals surface area contributed by atoms with E-state index in [1.54, 1.807) is 4.57 Å². The van der Waals surface area contributed by atoms with Gasteiger partial charge in [0.1, 0.15) is 5.56 Å². The molecule has 4 rings (SSSR count). The fourth-order valence-corrected chi connectivity index (χ4v) is 3.34. The molecule has 1 N–H and O–H groups in total. The highest BCUT2D eigenvalue weighted by atomic mass is 32.2. The molecule has 2 aromatic rings. The number of alkyl halides is 2. The normalized spacial score (nSPS) is 17.4. The number of thioether (sulfide) groups is 1. The summed E-state index contributed by atoms with van der Waals surface area (Å²) < 4.78 is 36.3. The first-order chi connectivity index (χ1) is 9.87. The van der Waals surface area contributed by atoms with Crippen LogP contribution >= 0.6 is 11.8 Å². The number of hydrogen-bond donors (Lipinski definition) is 1. The molecule has 3 heterocycles. The summed E-state index contributed by atoms with van der Waals surface area (Å²) in [6, 6.07) is 2.36.